The van der Waals surface area contributed by atoms with Crippen molar-refractivity contribution in [3.05, 3.63) is 42.9 Å². The zero-order valence-corrected chi connectivity index (χ0v) is 14.5. The third-order valence-corrected chi connectivity index (χ3v) is 4.34. The summed E-state index contributed by atoms with van der Waals surface area (Å²) in [5.41, 5.74) is 7.40. The molecule has 2 amide bonds. The van der Waals surface area contributed by atoms with E-state index in [2.05, 4.69) is 26.8 Å². The maximum Gasteiger partial charge on any atom is 0.338 e. The Morgan fingerprint density at radius 1 is 1.16 bits per heavy atom. The molecule has 1 aliphatic heterocycles. The van der Waals surface area contributed by atoms with Gasteiger partial charge in [0.2, 0.25) is 0 Å². The fourth-order valence-electron chi connectivity index (χ4n) is 2.95. The van der Waals surface area contributed by atoms with Crippen LogP contribution >= 0.6 is 0 Å². The van der Waals surface area contributed by atoms with Gasteiger partial charge in [-0.1, -0.05) is 12.1 Å². The average molecular weight is 341 g/mol. The van der Waals surface area contributed by atoms with Crippen LogP contribution in [-0.2, 0) is 0 Å². The topological polar surface area (TPSA) is 81.8 Å². The van der Waals surface area contributed by atoms with Crippen molar-refractivity contribution in [2.24, 2.45) is 5.73 Å². The molecule has 1 aromatic carbocycles. The van der Waals surface area contributed by atoms with Gasteiger partial charge in [-0.15, -0.1) is 0 Å². The number of piperazine rings is 1. The molecule has 8 heteroatoms. The fourth-order valence-corrected chi connectivity index (χ4v) is 2.95. The van der Waals surface area contributed by atoms with Gasteiger partial charge in [0, 0.05) is 45.6 Å². The van der Waals surface area contributed by atoms with Crippen molar-refractivity contribution in [3.8, 4) is 0 Å². The third kappa shape index (κ3) is 3.63. The van der Waals surface area contributed by atoms with Gasteiger partial charge in [-0.2, -0.15) is 5.01 Å². The Labute approximate surface area is 147 Å². The highest BCUT2D eigenvalue weighted by atomic mass is 16.2. The van der Waals surface area contributed by atoms with E-state index in [1.54, 1.807) is 30.6 Å². The number of rotatable bonds is 4. The number of amides is 2. The molecule has 0 bridgehead atoms. The highest BCUT2D eigenvalue weighted by molar-refractivity contribution is 5.96. The molecule has 2 N–H and O–H groups in total. The number of para-hydroxylation sites is 2. The molecule has 25 heavy (non-hydrogen) atoms. The van der Waals surface area contributed by atoms with Gasteiger partial charge in [0.25, 0.3) is 0 Å². The third-order valence-electron chi connectivity index (χ3n) is 4.34. The Morgan fingerprint density at radius 3 is 2.52 bits per heavy atom. The van der Waals surface area contributed by atoms with Gasteiger partial charge >= 0.3 is 6.03 Å². The molecule has 0 unspecified atom stereocenters. The van der Waals surface area contributed by atoms with E-state index in [1.165, 1.54) is 5.01 Å². The molecule has 3 rings (SSSR count). The highest BCUT2D eigenvalue weighted by Gasteiger charge is 2.25. The van der Waals surface area contributed by atoms with E-state index < -0.39 is 6.03 Å². The number of nitrogens with zero attached hydrogens (tertiary/aromatic N) is 6. The van der Waals surface area contributed by atoms with Crippen LogP contribution in [0.3, 0.4) is 0 Å². The number of anilines is 3. The van der Waals surface area contributed by atoms with Gasteiger partial charge < -0.3 is 15.5 Å². The predicted molar refractivity (Wildman–Crippen MR) is 98.6 cm³/mol. The minimum Gasteiger partial charge on any atom is -0.367 e. The van der Waals surface area contributed by atoms with Crippen LogP contribution < -0.4 is 20.7 Å². The lowest BCUT2D eigenvalue weighted by atomic mass is 10.2. The lowest BCUT2D eigenvalue weighted by molar-refractivity contribution is 0.253. The van der Waals surface area contributed by atoms with E-state index in [4.69, 9.17) is 5.73 Å². The molecule has 0 spiro atoms. The molecular formula is C17H23N7O. The first-order valence-electron chi connectivity index (χ1n) is 8.19. The number of nitrogens with two attached hydrogens (primary N) is 1. The zero-order chi connectivity index (χ0) is 17.8. The van der Waals surface area contributed by atoms with E-state index >= 15 is 0 Å². The van der Waals surface area contributed by atoms with Crippen LogP contribution in [0.25, 0.3) is 0 Å². The second-order valence-electron chi connectivity index (χ2n) is 6.02. The smallest absolute Gasteiger partial charge is 0.338 e. The number of benzene rings is 1. The van der Waals surface area contributed by atoms with Crippen LogP contribution in [0.15, 0.2) is 42.9 Å². The molecule has 2 aromatic rings. The number of carbonyl (C=O) groups is 1. The molecule has 1 aromatic heterocycles. The first kappa shape index (κ1) is 17.0. The summed E-state index contributed by atoms with van der Waals surface area (Å²) in [5.74, 6) is 0.537. The summed E-state index contributed by atoms with van der Waals surface area (Å²) in [5, 5.41) is 3.04. The number of urea groups is 1. The van der Waals surface area contributed by atoms with E-state index in [-0.39, 0.29) is 0 Å². The van der Waals surface area contributed by atoms with Crippen LogP contribution in [0.2, 0.25) is 0 Å². The van der Waals surface area contributed by atoms with Crippen molar-refractivity contribution < 1.29 is 4.79 Å². The van der Waals surface area contributed by atoms with E-state index in [0.29, 0.717) is 5.82 Å². The normalized spacial score (nSPS) is 15.0. The van der Waals surface area contributed by atoms with Crippen molar-refractivity contribution in [3.63, 3.8) is 0 Å². The highest BCUT2D eigenvalue weighted by Crippen LogP contribution is 2.31. The van der Waals surface area contributed by atoms with Crippen molar-refractivity contribution in [2.45, 2.75) is 0 Å². The maximum absolute atomic E-state index is 12.2. The van der Waals surface area contributed by atoms with Gasteiger partial charge in [0.1, 0.15) is 0 Å². The molecule has 0 atom stereocenters. The number of hydrazine groups is 1. The largest absolute Gasteiger partial charge is 0.367 e. The maximum atomic E-state index is 12.2. The number of likely N-dealkylation sites (N-methyl/N-ethyl adjacent to an activating group) is 1. The summed E-state index contributed by atoms with van der Waals surface area (Å²) in [6.07, 6.45) is 4.76. The zero-order valence-electron chi connectivity index (χ0n) is 14.5. The molecule has 1 fully saturated rings. The fraction of sp³-hybridized carbons (Fsp3) is 0.353. The minimum atomic E-state index is -0.574. The Morgan fingerprint density at radius 2 is 1.88 bits per heavy atom. The van der Waals surface area contributed by atoms with Crippen molar-refractivity contribution in [1.82, 2.24) is 14.9 Å². The van der Waals surface area contributed by atoms with Crippen LogP contribution in [0.1, 0.15) is 0 Å². The number of hydrogen-bond acceptors (Lipinski definition) is 6. The summed E-state index contributed by atoms with van der Waals surface area (Å²) in [7, 11) is 3.86. The van der Waals surface area contributed by atoms with Gasteiger partial charge in [-0.25, -0.2) is 9.78 Å². The summed E-state index contributed by atoms with van der Waals surface area (Å²) >= 11 is 0. The molecule has 1 saturated heterocycles. The van der Waals surface area contributed by atoms with Gasteiger partial charge in [0.05, 0.1) is 17.6 Å². The van der Waals surface area contributed by atoms with Crippen molar-refractivity contribution in [1.29, 1.82) is 0 Å². The molecular weight excluding hydrogens is 318 g/mol. The van der Waals surface area contributed by atoms with Crippen molar-refractivity contribution >= 4 is 23.2 Å². The lowest BCUT2D eigenvalue weighted by Gasteiger charge is -2.38. The first-order valence-corrected chi connectivity index (χ1v) is 8.19. The second kappa shape index (κ2) is 7.35. The number of aromatic nitrogens is 2. The van der Waals surface area contributed by atoms with Crippen LogP contribution in [0.5, 0.6) is 0 Å². The van der Waals surface area contributed by atoms with E-state index in [9.17, 15) is 4.79 Å². The molecule has 0 aliphatic carbocycles. The number of hydrogen-bond donors (Lipinski definition) is 1. The summed E-state index contributed by atoms with van der Waals surface area (Å²) in [6.45, 7) is 3.75. The van der Waals surface area contributed by atoms with Crippen LogP contribution in [0.4, 0.5) is 22.0 Å². The molecule has 8 nitrogen and oxygen atoms in total. The SMILES string of the molecule is CN1CCN(c2ccccc2N(C(N)=O)N(C)c2cnccn2)CC1. The molecule has 0 saturated carbocycles. The molecule has 132 valence electrons. The Hall–Kier alpha value is -2.87. The van der Waals surface area contributed by atoms with E-state index in [1.807, 2.05) is 24.3 Å². The average Bonchev–Trinajstić information content (AvgIpc) is 2.63. The quantitative estimate of drug-likeness (QED) is 0.841. The Bertz CT molecular complexity index is 716. The monoisotopic (exact) mass is 341 g/mol. The van der Waals surface area contributed by atoms with Gasteiger partial charge in [-0.3, -0.25) is 9.99 Å². The van der Waals surface area contributed by atoms with E-state index in [0.717, 1.165) is 37.6 Å². The van der Waals surface area contributed by atoms with Crippen molar-refractivity contribution in [2.75, 3.05) is 55.2 Å². The summed E-state index contributed by atoms with van der Waals surface area (Å²) in [4.78, 5) is 25.1. The van der Waals surface area contributed by atoms with Gasteiger partial charge in [0.15, 0.2) is 5.82 Å². The second-order valence-corrected chi connectivity index (χ2v) is 6.02. The summed E-state index contributed by atoms with van der Waals surface area (Å²) in [6, 6.07) is 7.20. The molecule has 2 heterocycles. The minimum absolute atomic E-state index is 0.537. The van der Waals surface area contributed by atoms with Crippen LogP contribution in [-0.4, -0.2) is 61.2 Å². The Kier molecular flexibility index (Phi) is 4.99. The molecule has 0 radical (unpaired) electrons. The Balaban J connectivity index is 1.96. The first-order chi connectivity index (χ1) is 12.1. The van der Waals surface area contributed by atoms with Crippen LogP contribution in [0, 0.1) is 0 Å². The lowest BCUT2D eigenvalue weighted by Crippen LogP contribution is -2.50. The number of primary amides is 1. The predicted octanol–water partition coefficient (Wildman–Crippen LogP) is 1.16. The number of carbonyl (C=O) groups excluding carboxylic acids is 1. The standard InChI is InChI=1S/C17H23N7O/c1-21-9-11-23(12-10-21)14-5-3-4-6-15(14)24(17(18)25)22(2)16-13-19-7-8-20-16/h3-8,13H,9-12H2,1-2H3,(H2,18,25). The van der Waals surface area contributed by atoms with Gasteiger partial charge in [-0.05, 0) is 19.2 Å². The molecule has 1 aliphatic rings. The summed E-state index contributed by atoms with van der Waals surface area (Å²) < 4.78 is 0.